The minimum Gasteiger partial charge on any atom is -0.330 e. The quantitative estimate of drug-likeness (QED) is 0.780. The molecule has 0 radical (unpaired) electrons. The topological polar surface area (TPSA) is 64.7 Å². The second kappa shape index (κ2) is 6.77. The highest BCUT2D eigenvalue weighted by Gasteiger charge is 2.18. The fraction of sp³-hybridized carbons (Fsp3) is 0.235. The molecule has 2 N–H and O–H groups in total. The van der Waals surface area contributed by atoms with Crippen molar-refractivity contribution in [1.82, 2.24) is 15.0 Å². The van der Waals surface area contributed by atoms with Gasteiger partial charge in [0, 0.05) is 40.8 Å². The van der Waals surface area contributed by atoms with Crippen molar-refractivity contribution in [3.05, 3.63) is 53.9 Å². The molecule has 3 aromatic heterocycles. The molecule has 0 aliphatic rings. The molecule has 0 aliphatic heterocycles. The van der Waals surface area contributed by atoms with Crippen LogP contribution in [0.4, 0.5) is 0 Å². The SMILES string of the molecule is CC(CCN)c1sc(-c2ccncc2)nc1-c1cccnc1. The van der Waals surface area contributed by atoms with Crippen LogP contribution < -0.4 is 5.73 Å². The highest BCUT2D eigenvalue weighted by Crippen LogP contribution is 2.38. The van der Waals surface area contributed by atoms with Crippen molar-refractivity contribution < 1.29 is 0 Å². The number of rotatable bonds is 5. The Balaban J connectivity index is 2.09. The lowest BCUT2D eigenvalue weighted by molar-refractivity contribution is 0.701. The normalized spacial score (nSPS) is 12.3. The lowest BCUT2D eigenvalue weighted by atomic mass is 10.0. The van der Waals surface area contributed by atoms with Gasteiger partial charge in [0.05, 0.1) is 5.69 Å². The van der Waals surface area contributed by atoms with Gasteiger partial charge >= 0.3 is 0 Å². The molecular formula is C17H18N4S. The van der Waals surface area contributed by atoms with E-state index in [4.69, 9.17) is 10.7 Å². The largest absolute Gasteiger partial charge is 0.330 e. The van der Waals surface area contributed by atoms with E-state index in [9.17, 15) is 0 Å². The summed E-state index contributed by atoms with van der Waals surface area (Å²) in [6.07, 6.45) is 8.19. The van der Waals surface area contributed by atoms with Crippen molar-refractivity contribution in [2.75, 3.05) is 6.54 Å². The summed E-state index contributed by atoms with van der Waals surface area (Å²) in [5.74, 6) is 0.383. The third kappa shape index (κ3) is 3.05. The van der Waals surface area contributed by atoms with Crippen molar-refractivity contribution in [1.29, 1.82) is 0 Å². The molecule has 1 atom stereocenters. The lowest BCUT2D eigenvalue weighted by Gasteiger charge is -2.09. The zero-order chi connectivity index (χ0) is 15.4. The van der Waals surface area contributed by atoms with Crippen molar-refractivity contribution in [2.24, 2.45) is 5.73 Å². The van der Waals surface area contributed by atoms with E-state index in [1.54, 1.807) is 29.9 Å². The van der Waals surface area contributed by atoms with E-state index in [-0.39, 0.29) is 0 Å². The number of aromatic nitrogens is 3. The summed E-state index contributed by atoms with van der Waals surface area (Å²) in [5, 5.41) is 1.01. The predicted molar refractivity (Wildman–Crippen MR) is 90.7 cm³/mol. The van der Waals surface area contributed by atoms with Crippen LogP contribution in [0.5, 0.6) is 0 Å². The molecule has 3 rings (SSSR count). The molecule has 0 amide bonds. The summed E-state index contributed by atoms with van der Waals surface area (Å²) >= 11 is 1.73. The Hall–Kier alpha value is -2.11. The Labute approximate surface area is 134 Å². The molecule has 112 valence electrons. The summed E-state index contributed by atoms with van der Waals surface area (Å²) < 4.78 is 0. The Bertz CT molecular complexity index is 725. The van der Waals surface area contributed by atoms with E-state index in [2.05, 4.69) is 23.0 Å². The van der Waals surface area contributed by atoms with Crippen molar-refractivity contribution in [2.45, 2.75) is 19.3 Å². The maximum atomic E-state index is 5.74. The smallest absolute Gasteiger partial charge is 0.124 e. The van der Waals surface area contributed by atoms with Crippen LogP contribution in [0.2, 0.25) is 0 Å². The molecule has 0 saturated carbocycles. The van der Waals surface area contributed by atoms with E-state index in [0.29, 0.717) is 12.5 Å². The van der Waals surface area contributed by atoms with Crippen LogP contribution in [0.1, 0.15) is 24.1 Å². The number of pyridine rings is 2. The van der Waals surface area contributed by atoms with Crippen LogP contribution in [-0.2, 0) is 0 Å². The first-order chi connectivity index (χ1) is 10.8. The molecule has 1 unspecified atom stereocenters. The summed E-state index contributed by atoms with van der Waals surface area (Å²) in [6, 6.07) is 7.97. The maximum absolute atomic E-state index is 5.74. The first-order valence-electron chi connectivity index (χ1n) is 7.31. The molecule has 3 aromatic rings. The molecule has 0 spiro atoms. The van der Waals surface area contributed by atoms with Gasteiger partial charge in [-0.1, -0.05) is 6.92 Å². The summed E-state index contributed by atoms with van der Waals surface area (Å²) in [4.78, 5) is 14.4. The molecule has 0 aromatic carbocycles. The highest BCUT2D eigenvalue weighted by atomic mass is 32.1. The molecule has 0 fully saturated rings. The van der Waals surface area contributed by atoms with Crippen LogP contribution in [0.3, 0.4) is 0 Å². The first kappa shape index (κ1) is 14.8. The minimum atomic E-state index is 0.383. The molecule has 0 aliphatic carbocycles. The third-order valence-corrected chi connectivity index (χ3v) is 4.90. The Morgan fingerprint density at radius 3 is 2.59 bits per heavy atom. The van der Waals surface area contributed by atoms with Gasteiger partial charge in [-0.3, -0.25) is 9.97 Å². The van der Waals surface area contributed by atoms with Gasteiger partial charge in [0.15, 0.2) is 0 Å². The lowest BCUT2D eigenvalue weighted by Crippen LogP contribution is -2.04. The van der Waals surface area contributed by atoms with E-state index in [1.807, 2.05) is 24.4 Å². The van der Waals surface area contributed by atoms with Crippen molar-refractivity contribution in [3.8, 4) is 21.8 Å². The molecule has 3 heterocycles. The summed E-state index contributed by atoms with van der Waals surface area (Å²) in [7, 11) is 0. The van der Waals surface area contributed by atoms with Gasteiger partial charge in [-0.2, -0.15) is 0 Å². The van der Waals surface area contributed by atoms with Crippen molar-refractivity contribution >= 4 is 11.3 Å². The number of nitrogens with zero attached hydrogens (tertiary/aromatic N) is 3. The number of hydrogen-bond donors (Lipinski definition) is 1. The monoisotopic (exact) mass is 310 g/mol. The number of hydrogen-bond acceptors (Lipinski definition) is 5. The number of nitrogens with two attached hydrogens (primary N) is 1. The molecule has 0 saturated heterocycles. The molecular weight excluding hydrogens is 292 g/mol. The average molecular weight is 310 g/mol. The fourth-order valence-electron chi connectivity index (χ4n) is 2.37. The fourth-order valence-corrected chi connectivity index (χ4v) is 3.55. The van der Waals surface area contributed by atoms with Crippen LogP contribution in [0.15, 0.2) is 49.1 Å². The minimum absolute atomic E-state index is 0.383. The van der Waals surface area contributed by atoms with Gasteiger partial charge in [-0.05, 0) is 43.1 Å². The molecule has 5 heteroatoms. The predicted octanol–water partition coefficient (Wildman–Crippen LogP) is 3.72. The highest BCUT2D eigenvalue weighted by molar-refractivity contribution is 7.15. The van der Waals surface area contributed by atoms with Gasteiger partial charge in [0.25, 0.3) is 0 Å². The zero-order valence-corrected chi connectivity index (χ0v) is 13.3. The molecule has 22 heavy (non-hydrogen) atoms. The van der Waals surface area contributed by atoms with Gasteiger partial charge in [-0.25, -0.2) is 4.98 Å². The van der Waals surface area contributed by atoms with E-state index in [1.165, 1.54) is 4.88 Å². The number of thiazole rings is 1. The van der Waals surface area contributed by atoms with Gasteiger partial charge < -0.3 is 5.73 Å². The van der Waals surface area contributed by atoms with E-state index >= 15 is 0 Å². The Kier molecular flexibility index (Phi) is 4.56. The van der Waals surface area contributed by atoms with E-state index < -0.39 is 0 Å². The maximum Gasteiger partial charge on any atom is 0.124 e. The van der Waals surface area contributed by atoms with Gasteiger partial charge in [-0.15, -0.1) is 11.3 Å². The standard InChI is InChI=1S/C17H18N4S/c1-12(4-7-18)16-15(14-3-2-8-20-11-14)21-17(22-16)13-5-9-19-10-6-13/h2-3,5-6,8-12H,4,7,18H2,1H3. The second-order valence-corrected chi connectivity index (χ2v) is 6.22. The van der Waals surface area contributed by atoms with Crippen LogP contribution in [-0.4, -0.2) is 21.5 Å². The van der Waals surface area contributed by atoms with Crippen LogP contribution in [0, 0.1) is 0 Å². The second-order valence-electron chi connectivity index (χ2n) is 5.19. The Morgan fingerprint density at radius 2 is 1.91 bits per heavy atom. The van der Waals surface area contributed by atoms with Gasteiger partial charge in [0.1, 0.15) is 5.01 Å². The molecule has 0 bridgehead atoms. The summed E-state index contributed by atoms with van der Waals surface area (Å²) in [6.45, 7) is 2.88. The van der Waals surface area contributed by atoms with E-state index in [0.717, 1.165) is 28.2 Å². The zero-order valence-electron chi connectivity index (χ0n) is 12.4. The average Bonchev–Trinajstić information content (AvgIpc) is 3.02. The summed E-state index contributed by atoms with van der Waals surface area (Å²) in [5.41, 5.74) is 8.90. The van der Waals surface area contributed by atoms with Gasteiger partial charge in [0.2, 0.25) is 0 Å². The first-order valence-corrected chi connectivity index (χ1v) is 8.13. The van der Waals surface area contributed by atoms with Crippen LogP contribution >= 0.6 is 11.3 Å². The van der Waals surface area contributed by atoms with Crippen LogP contribution in [0.25, 0.3) is 21.8 Å². The molecule has 4 nitrogen and oxygen atoms in total. The van der Waals surface area contributed by atoms with Crippen molar-refractivity contribution in [3.63, 3.8) is 0 Å². The Morgan fingerprint density at radius 1 is 1.09 bits per heavy atom. The third-order valence-electron chi connectivity index (χ3n) is 3.56.